The minimum atomic E-state index is -0.558. The number of benzene rings is 2. The van der Waals surface area contributed by atoms with E-state index in [0.29, 0.717) is 35.5 Å². The van der Waals surface area contributed by atoms with Crippen LogP contribution in [0.4, 0.5) is 5.69 Å². The van der Waals surface area contributed by atoms with Crippen molar-refractivity contribution in [3.8, 4) is 0 Å². The average Bonchev–Trinajstić information content (AvgIpc) is 2.72. The Hall–Kier alpha value is -2.92. The van der Waals surface area contributed by atoms with Gasteiger partial charge in [0.1, 0.15) is 0 Å². The van der Waals surface area contributed by atoms with Gasteiger partial charge in [0.05, 0.1) is 5.92 Å². The number of Topliss-reactive ketones (excluding diaryl/α,β-unsaturated/α-hetero) is 1. The number of ketones is 1. The highest BCUT2D eigenvalue weighted by molar-refractivity contribution is 6.31. The summed E-state index contributed by atoms with van der Waals surface area (Å²) in [6.45, 7) is 3.87. The normalized spacial score (nSPS) is 20.9. The summed E-state index contributed by atoms with van der Waals surface area (Å²) in [5, 5.41) is 6.33. The lowest BCUT2D eigenvalue weighted by Crippen LogP contribution is -2.41. The molecule has 160 valence electrons. The van der Waals surface area contributed by atoms with E-state index in [0.717, 1.165) is 22.4 Å². The molecule has 1 aliphatic heterocycles. The SMILES string of the molecule is Cc1ccccc1C1CC(=O)C2=C(C1)NC(=O)C(CC(=O)Nc1cccc(Cl)c1C)C2. The van der Waals surface area contributed by atoms with Crippen LogP contribution in [0, 0.1) is 19.8 Å². The summed E-state index contributed by atoms with van der Waals surface area (Å²) >= 11 is 6.11. The summed E-state index contributed by atoms with van der Waals surface area (Å²) in [5.41, 5.74) is 5.09. The summed E-state index contributed by atoms with van der Waals surface area (Å²) < 4.78 is 0. The number of rotatable bonds is 4. The molecule has 31 heavy (non-hydrogen) atoms. The van der Waals surface area contributed by atoms with Gasteiger partial charge in [-0.1, -0.05) is 41.9 Å². The van der Waals surface area contributed by atoms with E-state index in [4.69, 9.17) is 11.6 Å². The molecule has 2 aromatic rings. The van der Waals surface area contributed by atoms with Crippen LogP contribution in [0.1, 0.15) is 48.3 Å². The summed E-state index contributed by atoms with van der Waals surface area (Å²) in [6.07, 6.45) is 1.39. The summed E-state index contributed by atoms with van der Waals surface area (Å²) in [7, 11) is 0. The number of carbonyl (C=O) groups excluding carboxylic acids is 3. The zero-order valence-electron chi connectivity index (χ0n) is 17.6. The summed E-state index contributed by atoms with van der Waals surface area (Å²) in [4.78, 5) is 38.2. The third-order valence-corrected chi connectivity index (χ3v) is 6.69. The van der Waals surface area contributed by atoms with Crippen molar-refractivity contribution < 1.29 is 14.4 Å². The van der Waals surface area contributed by atoms with Crippen molar-refractivity contribution in [2.24, 2.45) is 5.92 Å². The third kappa shape index (κ3) is 4.42. The van der Waals surface area contributed by atoms with Gasteiger partial charge < -0.3 is 10.6 Å². The molecule has 2 aliphatic rings. The summed E-state index contributed by atoms with van der Waals surface area (Å²) in [5.74, 6) is -0.897. The molecule has 2 N–H and O–H groups in total. The topological polar surface area (TPSA) is 75.3 Å². The smallest absolute Gasteiger partial charge is 0.228 e. The van der Waals surface area contributed by atoms with Crippen LogP contribution in [0.15, 0.2) is 53.7 Å². The minimum Gasteiger partial charge on any atom is -0.329 e. The first-order chi connectivity index (χ1) is 14.8. The Balaban J connectivity index is 1.46. The highest BCUT2D eigenvalue weighted by Gasteiger charge is 2.37. The van der Waals surface area contributed by atoms with E-state index in [1.165, 1.54) is 0 Å². The van der Waals surface area contributed by atoms with E-state index in [1.807, 2.05) is 32.0 Å². The van der Waals surface area contributed by atoms with Gasteiger partial charge >= 0.3 is 0 Å². The number of allylic oxidation sites excluding steroid dienone is 2. The minimum absolute atomic E-state index is 0.0169. The van der Waals surface area contributed by atoms with Crippen molar-refractivity contribution in [2.75, 3.05) is 5.32 Å². The lowest BCUT2D eigenvalue weighted by Gasteiger charge is -2.33. The van der Waals surface area contributed by atoms with Gasteiger partial charge in [-0.3, -0.25) is 14.4 Å². The predicted octanol–water partition coefficient (Wildman–Crippen LogP) is 4.82. The van der Waals surface area contributed by atoms with Crippen LogP contribution in [-0.2, 0) is 14.4 Å². The molecule has 0 saturated carbocycles. The lowest BCUT2D eigenvalue weighted by atomic mass is 9.76. The zero-order chi connectivity index (χ0) is 22.1. The average molecular weight is 437 g/mol. The first-order valence-corrected chi connectivity index (χ1v) is 10.9. The second-order valence-electron chi connectivity index (χ2n) is 8.40. The molecule has 2 atom stereocenters. The quantitative estimate of drug-likeness (QED) is 0.721. The monoisotopic (exact) mass is 436 g/mol. The molecule has 1 heterocycles. The van der Waals surface area contributed by atoms with Gasteiger partial charge in [0.15, 0.2) is 5.78 Å². The molecule has 2 amide bonds. The van der Waals surface area contributed by atoms with Gasteiger partial charge in [-0.15, -0.1) is 0 Å². The Bertz CT molecular complexity index is 1110. The van der Waals surface area contributed by atoms with Crippen molar-refractivity contribution in [2.45, 2.75) is 45.4 Å². The van der Waals surface area contributed by atoms with Crippen LogP contribution in [-0.4, -0.2) is 17.6 Å². The molecule has 2 aromatic carbocycles. The molecule has 4 rings (SSSR count). The van der Waals surface area contributed by atoms with E-state index >= 15 is 0 Å². The maximum absolute atomic E-state index is 12.9. The summed E-state index contributed by atoms with van der Waals surface area (Å²) in [6, 6.07) is 13.4. The first kappa shape index (κ1) is 21.3. The van der Waals surface area contributed by atoms with Gasteiger partial charge in [-0.25, -0.2) is 0 Å². The zero-order valence-corrected chi connectivity index (χ0v) is 18.4. The van der Waals surface area contributed by atoms with Crippen LogP contribution in [0.25, 0.3) is 0 Å². The Morgan fingerprint density at radius 1 is 1.06 bits per heavy atom. The van der Waals surface area contributed by atoms with Crippen molar-refractivity contribution in [1.82, 2.24) is 5.32 Å². The van der Waals surface area contributed by atoms with Gasteiger partial charge in [0.25, 0.3) is 0 Å². The fourth-order valence-corrected chi connectivity index (χ4v) is 4.68. The maximum atomic E-state index is 12.9. The molecule has 0 fully saturated rings. The Morgan fingerprint density at radius 2 is 1.84 bits per heavy atom. The van der Waals surface area contributed by atoms with E-state index in [2.05, 4.69) is 16.7 Å². The number of amides is 2. The molecule has 0 radical (unpaired) electrons. The largest absolute Gasteiger partial charge is 0.329 e. The number of nitrogens with one attached hydrogen (secondary N) is 2. The standard InChI is InChI=1S/C25H25ClN2O3/c1-14-6-3-4-7-18(14)16-11-22-19(23(29)12-16)10-17(25(31)28-22)13-24(30)27-21-9-5-8-20(26)15(21)2/h3-9,16-17H,10-13H2,1-2H3,(H,27,30)(H,28,31). The van der Waals surface area contributed by atoms with Crippen molar-refractivity contribution in [1.29, 1.82) is 0 Å². The molecule has 1 aliphatic carbocycles. The van der Waals surface area contributed by atoms with Gasteiger partial charge in [0.2, 0.25) is 11.8 Å². The number of carbonyl (C=O) groups is 3. The first-order valence-electron chi connectivity index (χ1n) is 10.5. The number of aryl methyl sites for hydroxylation is 1. The molecular weight excluding hydrogens is 412 g/mol. The molecule has 6 heteroatoms. The van der Waals surface area contributed by atoms with Crippen molar-refractivity contribution in [3.63, 3.8) is 0 Å². The Kier molecular flexibility index (Phi) is 5.96. The predicted molar refractivity (Wildman–Crippen MR) is 121 cm³/mol. The highest BCUT2D eigenvalue weighted by atomic mass is 35.5. The van der Waals surface area contributed by atoms with E-state index in [-0.39, 0.29) is 29.9 Å². The number of hydrogen-bond acceptors (Lipinski definition) is 3. The van der Waals surface area contributed by atoms with Crippen LogP contribution < -0.4 is 10.6 Å². The second-order valence-corrected chi connectivity index (χ2v) is 8.80. The Morgan fingerprint density at radius 3 is 2.61 bits per heavy atom. The van der Waals surface area contributed by atoms with E-state index in [9.17, 15) is 14.4 Å². The number of hydrogen-bond donors (Lipinski definition) is 2. The molecule has 2 unspecified atom stereocenters. The molecule has 5 nitrogen and oxygen atoms in total. The second kappa shape index (κ2) is 8.67. The van der Waals surface area contributed by atoms with Crippen LogP contribution in [0.2, 0.25) is 5.02 Å². The molecule has 0 bridgehead atoms. The van der Waals surface area contributed by atoms with Crippen LogP contribution in [0.3, 0.4) is 0 Å². The maximum Gasteiger partial charge on any atom is 0.228 e. The molecular formula is C25H25ClN2O3. The fraction of sp³-hybridized carbons (Fsp3) is 0.320. The van der Waals surface area contributed by atoms with E-state index in [1.54, 1.807) is 18.2 Å². The Labute approximate surface area is 186 Å². The molecule has 0 spiro atoms. The van der Waals surface area contributed by atoms with Crippen LogP contribution in [0.5, 0.6) is 0 Å². The van der Waals surface area contributed by atoms with Crippen LogP contribution >= 0.6 is 11.6 Å². The van der Waals surface area contributed by atoms with Gasteiger partial charge in [-0.2, -0.15) is 0 Å². The third-order valence-electron chi connectivity index (χ3n) is 6.28. The van der Waals surface area contributed by atoms with Gasteiger partial charge in [0, 0.05) is 34.8 Å². The highest BCUT2D eigenvalue weighted by Crippen LogP contribution is 2.39. The molecule has 0 aromatic heterocycles. The lowest BCUT2D eigenvalue weighted by molar-refractivity contribution is -0.129. The number of halogens is 1. The molecule has 0 saturated heterocycles. The van der Waals surface area contributed by atoms with Crippen molar-refractivity contribution >= 4 is 34.9 Å². The van der Waals surface area contributed by atoms with Crippen molar-refractivity contribution in [3.05, 3.63) is 75.4 Å². The number of anilines is 1. The van der Waals surface area contributed by atoms with E-state index < -0.39 is 5.92 Å². The van der Waals surface area contributed by atoms with Gasteiger partial charge in [-0.05, 0) is 61.4 Å². The fourth-order valence-electron chi connectivity index (χ4n) is 4.51.